The summed E-state index contributed by atoms with van der Waals surface area (Å²) in [5, 5.41) is 20.9. The van der Waals surface area contributed by atoms with Gasteiger partial charge in [-0.1, -0.05) is 30.7 Å². The highest BCUT2D eigenvalue weighted by Gasteiger charge is 2.59. The third-order valence-corrected chi connectivity index (χ3v) is 6.87. The summed E-state index contributed by atoms with van der Waals surface area (Å²) in [5.74, 6) is 0.150. The van der Waals surface area contributed by atoms with Crippen molar-refractivity contribution in [3.05, 3.63) is 34.9 Å². The van der Waals surface area contributed by atoms with Crippen molar-refractivity contribution in [1.29, 1.82) is 0 Å². The molecule has 3 aliphatic rings. The van der Waals surface area contributed by atoms with E-state index in [1.807, 2.05) is 0 Å². The van der Waals surface area contributed by atoms with E-state index in [1.165, 1.54) is 23.6 Å². The maximum atomic E-state index is 12.1. The molecule has 0 radical (unpaired) electrons. The molecule has 0 saturated heterocycles. The van der Waals surface area contributed by atoms with Crippen LogP contribution in [0, 0.1) is 11.3 Å². The van der Waals surface area contributed by atoms with Crippen molar-refractivity contribution in [2.75, 3.05) is 0 Å². The van der Waals surface area contributed by atoms with Crippen molar-refractivity contribution in [3.63, 3.8) is 0 Å². The number of Topliss-reactive ketones (excluding diaryl/α,β-unsaturated/α-hetero) is 1. The van der Waals surface area contributed by atoms with Crippen LogP contribution >= 0.6 is 0 Å². The molecular weight excluding hydrogens is 300 g/mol. The molecule has 132 valence electrons. The topological polar surface area (TPSA) is 57.5 Å². The first-order chi connectivity index (χ1) is 11.3. The van der Waals surface area contributed by atoms with Gasteiger partial charge in [-0.05, 0) is 75.9 Å². The normalized spacial score (nSPS) is 40.0. The molecule has 0 unspecified atom stereocenters. The van der Waals surface area contributed by atoms with Gasteiger partial charge in [-0.2, -0.15) is 0 Å². The van der Waals surface area contributed by atoms with E-state index in [2.05, 4.69) is 32.1 Å². The summed E-state index contributed by atoms with van der Waals surface area (Å²) in [7, 11) is 0. The second kappa shape index (κ2) is 6.27. The van der Waals surface area contributed by atoms with Gasteiger partial charge in [0.05, 0.1) is 6.10 Å². The smallest absolute Gasteiger partial charge is 0.161 e. The first-order valence-corrected chi connectivity index (χ1v) is 9.26. The average Bonchev–Trinajstić information content (AvgIpc) is 2.82. The first kappa shape index (κ1) is 17.6. The molecule has 3 rings (SSSR count). The number of carbonyl (C=O) groups is 1. The quantitative estimate of drug-likeness (QED) is 0.826. The molecule has 4 atom stereocenters. The van der Waals surface area contributed by atoms with Crippen LogP contribution in [0.1, 0.15) is 65.7 Å². The Bertz CT molecular complexity index is 627. The number of fused-ring (bicyclic) bond motifs is 1. The number of hydrogen-bond acceptors (Lipinski definition) is 3. The number of allylic oxidation sites excluding steroid dienone is 5. The van der Waals surface area contributed by atoms with Crippen molar-refractivity contribution in [2.24, 2.45) is 11.3 Å². The van der Waals surface area contributed by atoms with Crippen LogP contribution in [0.15, 0.2) is 34.9 Å². The second-order valence-electron chi connectivity index (χ2n) is 8.20. The summed E-state index contributed by atoms with van der Waals surface area (Å²) < 4.78 is 0. The molecule has 3 heteroatoms. The van der Waals surface area contributed by atoms with Crippen molar-refractivity contribution in [2.45, 2.75) is 77.4 Å². The van der Waals surface area contributed by atoms with Crippen LogP contribution in [0.5, 0.6) is 0 Å². The molecule has 1 saturated carbocycles. The Morgan fingerprint density at radius 3 is 2.75 bits per heavy atom. The summed E-state index contributed by atoms with van der Waals surface area (Å²) in [4.78, 5) is 12.1. The second-order valence-corrected chi connectivity index (χ2v) is 8.20. The maximum absolute atomic E-state index is 12.1. The largest absolute Gasteiger partial charge is 0.393 e. The van der Waals surface area contributed by atoms with Crippen LogP contribution in [-0.4, -0.2) is 27.7 Å². The average molecular weight is 330 g/mol. The fourth-order valence-electron chi connectivity index (χ4n) is 5.09. The van der Waals surface area contributed by atoms with Crippen molar-refractivity contribution in [1.82, 2.24) is 0 Å². The predicted molar refractivity (Wildman–Crippen MR) is 95.5 cm³/mol. The molecule has 0 aromatic rings. The van der Waals surface area contributed by atoms with E-state index in [0.717, 1.165) is 38.5 Å². The highest BCUT2D eigenvalue weighted by atomic mass is 16.3. The van der Waals surface area contributed by atoms with Crippen LogP contribution in [-0.2, 0) is 4.79 Å². The number of aliphatic hydroxyl groups excluding tert-OH is 1. The molecule has 0 amide bonds. The van der Waals surface area contributed by atoms with Gasteiger partial charge < -0.3 is 10.2 Å². The minimum absolute atomic E-state index is 0.0910. The third kappa shape index (κ3) is 2.72. The van der Waals surface area contributed by atoms with Crippen LogP contribution in [0.2, 0.25) is 0 Å². The summed E-state index contributed by atoms with van der Waals surface area (Å²) >= 11 is 0. The van der Waals surface area contributed by atoms with Crippen LogP contribution in [0.25, 0.3) is 0 Å². The highest BCUT2D eigenvalue weighted by molar-refractivity contribution is 5.86. The Labute approximate surface area is 145 Å². The van der Waals surface area contributed by atoms with Gasteiger partial charge in [-0.3, -0.25) is 4.79 Å². The lowest BCUT2D eigenvalue weighted by Crippen LogP contribution is -2.51. The number of hydrogen-bond donors (Lipinski definition) is 2. The summed E-state index contributed by atoms with van der Waals surface area (Å²) in [6.45, 7) is 5.76. The number of rotatable bonds is 3. The number of ketones is 1. The molecule has 0 aliphatic heterocycles. The molecule has 0 heterocycles. The Hall–Kier alpha value is -1.19. The summed E-state index contributed by atoms with van der Waals surface area (Å²) in [6, 6.07) is 0. The zero-order chi connectivity index (χ0) is 17.5. The van der Waals surface area contributed by atoms with Gasteiger partial charge in [0.1, 0.15) is 5.60 Å². The predicted octanol–water partition coefficient (Wildman–Crippen LogP) is 3.86. The Morgan fingerprint density at radius 2 is 2.04 bits per heavy atom. The number of carbonyl (C=O) groups excluding carboxylic acids is 1. The Morgan fingerprint density at radius 1 is 1.29 bits per heavy atom. The van der Waals surface area contributed by atoms with E-state index < -0.39 is 5.60 Å². The third-order valence-electron chi connectivity index (χ3n) is 6.87. The van der Waals surface area contributed by atoms with E-state index in [-0.39, 0.29) is 23.2 Å². The van der Waals surface area contributed by atoms with Gasteiger partial charge in [0, 0.05) is 5.41 Å². The maximum Gasteiger partial charge on any atom is 0.161 e. The van der Waals surface area contributed by atoms with Crippen molar-refractivity contribution in [3.8, 4) is 0 Å². The Kier molecular flexibility index (Phi) is 4.61. The molecule has 2 N–H and O–H groups in total. The molecule has 24 heavy (non-hydrogen) atoms. The molecule has 3 aliphatic carbocycles. The van der Waals surface area contributed by atoms with E-state index in [9.17, 15) is 15.0 Å². The van der Waals surface area contributed by atoms with E-state index >= 15 is 0 Å². The first-order valence-electron chi connectivity index (χ1n) is 9.26. The molecule has 1 fully saturated rings. The molecule has 3 nitrogen and oxygen atoms in total. The molecular formula is C21H30O3. The molecule has 0 bridgehead atoms. The zero-order valence-corrected chi connectivity index (χ0v) is 15.1. The minimum Gasteiger partial charge on any atom is -0.393 e. The van der Waals surface area contributed by atoms with Gasteiger partial charge in [-0.15, -0.1) is 0 Å². The van der Waals surface area contributed by atoms with Gasteiger partial charge in [0.15, 0.2) is 5.78 Å². The lowest BCUT2D eigenvalue weighted by Gasteiger charge is -2.44. The monoisotopic (exact) mass is 330 g/mol. The van der Waals surface area contributed by atoms with Crippen molar-refractivity contribution >= 4 is 5.78 Å². The van der Waals surface area contributed by atoms with E-state index in [0.29, 0.717) is 6.42 Å². The lowest BCUT2D eigenvalue weighted by molar-refractivity contribution is -0.148. The zero-order valence-electron chi connectivity index (χ0n) is 15.1. The molecule has 0 aromatic carbocycles. The highest BCUT2D eigenvalue weighted by Crippen LogP contribution is 2.58. The van der Waals surface area contributed by atoms with Crippen molar-refractivity contribution < 1.29 is 15.0 Å². The van der Waals surface area contributed by atoms with Gasteiger partial charge in [-0.25, -0.2) is 0 Å². The van der Waals surface area contributed by atoms with Gasteiger partial charge in [0.2, 0.25) is 0 Å². The van der Waals surface area contributed by atoms with Crippen LogP contribution < -0.4 is 0 Å². The van der Waals surface area contributed by atoms with E-state index in [4.69, 9.17) is 0 Å². The lowest BCUT2D eigenvalue weighted by atomic mass is 9.62. The fourth-order valence-corrected chi connectivity index (χ4v) is 5.09. The molecule has 0 spiro atoms. The Balaban J connectivity index is 1.85. The SMILES string of the molecule is CC(=O)[C@@]1(O)CC[C@H]2C(/C=C/C3=C(C)CC[C@@H](O)C3)=CCC[C@@]21C. The molecule has 0 aromatic heterocycles. The van der Waals surface area contributed by atoms with Crippen LogP contribution in [0.4, 0.5) is 0 Å². The number of aliphatic hydroxyl groups is 2. The standard InChI is InChI=1S/C21H30O3/c1-14-6-9-18(23)13-17(14)8-7-16-5-4-11-20(3)19(16)10-12-21(20,24)15(2)22/h5,7-8,18-19,23-24H,4,6,9-13H2,1-3H3/b8-7+/t18-,19+,20+,21+/m1/s1. The minimum atomic E-state index is -1.18. The fraction of sp³-hybridized carbons (Fsp3) is 0.667. The summed E-state index contributed by atoms with van der Waals surface area (Å²) in [5.41, 5.74) is 2.31. The van der Waals surface area contributed by atoms with Gasteiger partial charge >= 0.3 is 0 Å². The summed E-state index contributed by atoms with van der Waals surface area (Å²) in [6.07, 6.45) is 12.1. The van der Waals surface area contributed by atoms with Crippen LogP contribution in [0.3, 0.4) is 0 Å². The van der Waals surface area contributed by atoms with Gasteiger partial charge in [0.25, 0.3) is 0 Å². The van der Waals surface area contributed by atoms with E-state index in [1.54, 1.807) is 0 Å².